The van der Waals surface area contributed by atoms with Crippen LogP contribution in [0.15, 0.2) is 65.2 Å². The summed E-state index contributed by atoms with van der Waals surface area (Å²) < 4.78 is 17.0. The highest BCUT2D eigenvalue weighted by Crippen LogP contribution is 2.41. The molecule has 2 aliphatic heterocycles. The molecule has 0 bridgehead atoms. The zero-order valence-corrected chi connectivity index (χ0v) is 19.1. The van der Waals surface area contributed by atoms with Gasteiger partial charge in [-0.15, -0.1) is 0 Å². The van der Waals surface area contributed by atoms with E-state index in [-0.39, 0.29) is 24.2 Å². The Morgan fingerprint density at radius 1 is 1.21 bits per heavy atom. The standard InChI is InChI=1S/C25H25N3O4S/c1-30-24(29)17-9-7-16(8-10-17)20-11-12-21(32-20)23-22(19-6-2-3-13-26-19)27-25(33)28(23)15-18-5-4-14-31-18/h2-3,6-13,18,22-23H,4-5,14-15H2,1H3,(H,27,33)/t18-,22+,23-/m1/s1. The van der Waals surface area contributed by atoms with Crippen LogP contribution in [0.4, 0.5) is 0 Å². The minimum Gasteiger partial charge on any atom is -0.465 e. The van der Waals surface area contributed by atoms with Crippen molar-refractivity contribution in [3.63, 3.8) is 0 Å². The molecule has 0 spiro atoms. The van der Waals surface area contributed by atoms with Gasteiger partial charge in [-0.2, -0.15) is 0 Å². The summed E-state index contributed by atoms with van der Waals surface area (Å²) in [7, 11) is 1.37. The number of carbonyl (C=O) groups is 1. The zero-order valence-electron chi connectivity index (χ0n) is 18.3. The number of nitrogens with one attached hydrogen (secondary N) is 1. The molecule has 0 amide bonds. The van der Waals surface area contributed by atoms with Crippen molar-refractivity contribution in [2.24, 2.45) is 0 Å². The lowest BCUT2D eigenvalue weighted by molar-refractivity contribution is 0.0600. The largest absolute Gasteiger partial charge is 0.465 e. The Morgan fingerprint density at radius 3 is 2.76 bits per heavy atom. The van der Waals surface area contributed by atoms with E-state index in [1.54, 1.807) is 18.3 Å². The maximum absolute atomic E-state index is 11.7. The SMILES string of the molecule is COC(=O)c1ccc(-c2ccc([C@@H]3[C@H](c4ccccn4)NC(=S)N3C[C@H]3CCCO3)o2)cc1. The van der Waals surface area contributed by atoms with Gasteiger partial charge in [-0.25, -0.2) is 4.79 Å². The number of nitrogens with zero attached hydrogens (tertiary/aromatic N) is 2. The highest BCUT2D eigenvalue weighted by Gasteiger charge is 2.42. The van der Waals surface area contributed by atoms with Crippen molar-refractivity contribution in [1.29, 1.82) is 0 Å². The minimum absolute atomic E-state index is 0.138. The molecule has 3 aromatic rings. The summed E-state index contributed by atoms with van der Waals surface area (Å²) in [4.78, 5) is 18.5. The van der Waals surface area contributed by atoms with Crippen molar-refractivity contribution in [2.45, 2.75) is 31.0 Å². The van der Waals surface area contributed by atoms with E-state index in [2.05, 4.69) is 15.2 Å². The van der Waals surface area contributed by atoms with Crippen LogP contribution in [0.2, 0.25) is 0 Å². The van der Waals surface area contributed by atoms with E-state index in [9.17, 15) is 4.79 Å². The monoisotopic (exact) mass is 463 g/mol. The van der Waals surface area contributed by atoms with Crippen molar-refractivity contribution in [1.82, 2.24) is 15.2 Å². The summed E-state index contributed by atoms with van der Waals surface area (Å²) in [5, 5.41) is 4.12. The first-order valence-electron chi connectivity index (χ1n) is 11.0. The van der Waals surface area contributed by atoms with Crippen LogP contribution >= 0.6 is 12.2 Å². The molecule has 2 saturated heterocycles. The van der Waals surface area contributed by atoms with E-state index in [4.69, 9.17) is 26.1 Å². The van der Waals surface area contributed by atoms with Gasteiger partial charge in [-0.1, -0.05) is 18.2 Å². The summed E-state index contributed by atoms with van der Waals surface area (Å²) in [6, 6.07) is 16.7. The number of furan rings is 1. The maximum atomic E-state index is 11.7. The van der Waals surface area contributed by atoms with E-state index >= 15 is 0 Å². The fraction of sp³-hybridized carbons (Fsp3) is 0.320. The van der Waals surface area contributed by atoms with Gasteiger partial charge in [-0.3, -0.25) is 4.98 Å². The number of rotatable bonds is 6. The van der Waals surface area contributed by atoms with Crippen LogP contribution < -0.4 is 5.32 Å². The van der Waals surface area contributed by atoms with Crippen LogP contribution in [0, 0.1) is 0 Å². The molecule has 3 atom stereocenters. The highest BCUT2D eigenvalue weighted by atomic mass is 32.1. The maximum Gasteiger partial charge on any atom is 0.337 e. The first-order chi connectivity index (χ1) is 16.1. The third kappa shape index (κ3) is 4.36. The van der Waals surface area contributed by atoms with E-state index < -0.39 is 0 Å². The Bertz CT molecular complexity index is 1130. The van der Waals surface area contributed by atoms with Crippen LogP contribution in [0.1, 0.15) is 46.7 Å². The lowest BCUT2D eigenvalue weighted by Crippen LogP contribution is -2.36. The zero-order chi connectivity index (χ0) is 22.8. The number of benzene rings is 1. The smallest absolute Gasteiger partial charge is 0.337 e. The molecule has 4 heterocycles. The van der Waals surface area contributed by atoms with Gasteiger partial charge in [-0.05, 0) is 61.5 Å². The van der Waals surface area contributed by atoms with Gasteiger partial charge in [0, 0.05) is 24.9 Å². The molecule has 0 aliphatic carbocycles. The highest BCUT2D eigenvalue weighted by molar-refractivity contribution is 7.80. The molecule has 170 valence electrons. The van der Waals surface area contributed by atoms with Crippen LogP contribution in [0.5, 0.6) is 0 Å². The summed E-state index contributed by atoms with van der Waals surface area (Å²) in [5.74, 6) is 1.15. The topological polar surface area (TPSA) is 76.8 Å². The summed E-state index contributed by atoms with van der Waals surface area (Å²) in [5.41, 5.74) is 2.28. The molecule has 7 nitrogen and oxygen atoms in total. The fourth-order valence-electron chi connectivity index (χ4n) is 4.47. The molecular formula is C25H25N3O4S. The molecule has 2 aliphatic rings. The Labute approximate surface area is 197 Å². The number of ether oxygens (including phenoxy) is 2. The van der Waals surface area contributed by atoms with Crippen molar-refractivity contribution < 1.29 is 18.7 Å². The second kappa shape index (κ2) is 9.33. The molecule has 5 rings (SSSR count). The Kier molecular flexibility index (Phi) is 6.11. The molecule has 2 aromatic heterocycles. The van der Waals surface area contributed by atoms with Crippen molar-refractivity contribution >= 4 is 23.3 Å². The average molecular weight is 464 g/mol. The van der Waals surface area contributed by atoms with E-state index in [1.165, 1.54) is 7.11 Å². The molecule has 0 saturated carbocycles. The summed E-state index contributed by atoms with van der Waals surface area (Å²) in [6.07, 6.45) is 4.03. The first kappa shape index (κ1) is 21.6. The number of carbonyl (C=O) groups excluding carboxylic acids is 1. The number of hydrogen-bond acceptors (Lipinski definition) is 6. The Morgan fingerprint density at radius 2 is 2.06 bits per heavy atom. The minimum atomic E-state index is -0.366. The quantitative estimate of drug-likeness (QED) is 0.429. The summed E-state index contributed by atoms with van der Waals surface area (Å²) >= 11 is 5.73. The molecule has 2 fully saturated rings. The van der Waals surface area contributed by atoms with Crippen LogP contribution in [0.25, 0.3) is 11.3 Å². The van der Waals surface area contributed by atoms with Gasteiger partial charge in [0.25, 0.3) is 0 Å². The number of esters is 1. The van der Waals surface area contributed by atoms with E-state index in [1.807, 2.05) is 42.5 Å². The Balaban J connectivity index is 1.46. The van der Waals surface area contributed by atoms with Crippen molar-refractivity contribution in [3.05, 3.63) is 77.8 Å². The van der Waals surface area contributed by atoms with Crippen molar-refractivity contribution in [2.75, 3.05) is 20.3 Å². The molecule has 8 heteroatoms. The second-order valence-corrected chi connectivity index (χ2v) is 8.57. The van der Waals surface area contributed by atoms with Crippen LogP contribution in [-0.2, 0) is 9.47 Å². The van der Waals surface area contributed by atoms with Gasteiger partial charge < -0.3 is 24.1 Å². The molecule has 1 N–H and O–H groups in total. The molecule has 0 unspecified atom stereocenters. The van der Waals surface area contributed by atoms with E-state index in [0.29, 0.717) is 17.2 Å². The lowest BCUT2D eigenvalue weighted by Gasteiger charge is -2.28. The number of hydrogen-bond donors (Lipinski definition) is 1. The fourth-order valence-corrected chi connectivity index (χ4v) is 4.79. The number of pyridine rings is 1. The second-order valence-electron chi connectivity index (χ2n) is 8.18. The number of thiocarbonyl (C=S) groups is 1. The van der Waals surface area contributed by atoms with Gasteiger partial charge in [0.15, 0.2) is 5.11 Å². The third-order valence-electron chi connectivity index (χ3n) is 6.13. The number of methoxy groups -OCH3 is 1. The van der Waals surface area contributed by atoms with Gasteiger partial charge in [0.05, 0.1) is 30.5 Å². The molecule has 0 radical (unpaired) electrons. The molecular weight excluding hydrogens is 438 g/mol. The van der Waals surface area contributed by atoms with Crippen molar-refractivity contribution in [3.8, 4) is 11.3 Å². The normalized spacial score (nSPS) is 22.4. The van der Waals surface area contributed by atoms with Crippen LogP contribution in [0.3, 0.4) is 0 Å². The number of aromatic nitrogens is 1. The van der Waals surface area contributed by atoms with Crippen LogP contribution in [-0.4, -0.2) is 47.3 Å². The third-order valence-corrected chi connectivity index (χ3v) is 6.48. The molecule has 33 heavy (non-hydrogen) atoms. The lowest BCUT2D eigenvalue weighted by atomic mass is 10.0. The van der Waals surface area contributed by atoms with Gasteiger partial charge in [0.1, 0.15) is 17.6 Å². The Hall–Kier alpha value is -3.23. The first-order valence-corrected chi connectivity index (χ1v) is 11.4. The summed E-state index contributed by atoms with van der Waals surface area (Å²) in [6.45, 7) is 1.49. The molecule has 1 aromatic carbocycles. The average Bonchev–Trinajstić information content (AvgIpc) is 3.61. The van der Waals surface area contributed by atoms with Gasteiger partial charge in [0.2, 0.25) is 0 Å². The predicted octanol–water partition coefficient (Wildman–Crippen LogP) is 4.28. The predicted molar refractivity (Wildman–Crippen MR) is 127 cm³/mol. The van der Waals surface area contributed by atoms with E-state index in [0.717, 1.165) is 42.2 Å². The van der Waals surface area contributed by atoms with Gasteiger partial charge >= 0.3 is 5.97 Å².